The molecule has 3 aromatic rings. The summed E-state index contributed by atoms with van der Waals surface area (Å²) in [5.41, 5.74) is 3.85. The van der Waals surface area contributed by atoms with E-state index in [0.29, 0.717) is 11.3 Å². The first-order valence-electron chi connectivity index (χ1n) is 9.47. The van der Waals surface area contributed by atoms with Crippen LogP contribution < -0.4 is 10.6 Å². The SMILES string of the molecule is Cc1ccc(NC(=O)CSc2cccc(NC(=O)c3ccc([N+](=O)[O-])cc3)c2)cc1C. The van der Waals surface area contributed by atoms with E-state index in [1.807, 2.05) is 38.1 Å². The highest BCUT2D eigenvalue weighted by Gasteiger charge is 2.11. The number of nitrogens with zero attached hydrogens (tertiary/aromatic N) is 1. The molecule has 0 unspecified atom stereocenters. The van der Waals surface area contributed by atoms with Gasteiger partial charge in [0.2, 0.25) is 5.91 Å². The maximum Gasteiger partial charge on any atom is 0.269 e. The van der Waals surface area contributed by atoms with Gasteiger partial charge in [0.1, 0.15) is 0 Å². The lowest BCUT2D eigenvalue weighted by Crippen LogP contribution is -2.14. The summed E-state index contributed by atoms with van der Waals surface area (Å²) in [5.74, 6) is -0.259. The van der Waals surface area contributed by atoms with Gasteiger partial charge in [0.15, 0.2) is 0 Å². The zero-order chi connectivity index (χ0) is 22.4. The number of amides is 2. The Morgan fingerprint density at radius 1 is 0.903 bits per heavy atom. The number of nitro benzene ring substituents is 1. The van der Waals surface area contributed by atoms with Crippen molar-refractivity contribution < 1.29 is 14.5 Å². The second kappa shape index (κ2) is 9.90. The minimum atomic E-state index is -0.515. The minimum Gasteiger partial charge on any atom is -0.325 e. The Balaban J connectivity index is 1.56. The van der Waals surface area contributed by atoms with Crippen molar-refractivity contribution in [3.8, 4) is 0 Å². The lowest BCUT2D eigenvalue weighted by Gasteiger charge is -2.09. The zero-order valence-corrected chi connectivity index (χ0v) is 17.9. The standard InChI is InChI=1S/C23H21N3O4S/c1-15-6-9-19(12-16(15)2)24-22(27)14-31-21-5-3-4-18(13-21)25-23(28)17-7-10-20(11-8-17)26(29)30/h3-13H,14H2,1-2H3,(H,24,27)(H,25,28). The van der Waals surface area contributed by atoms with E-state index in [9.17, 15) is 19.7 Å². The zero-order valence-electron chi connectivity index (χ0n) is 17.0. The van der Waals surface area contributed by atoms with E-state index >= 15 is 0 Å². The van der Waals surface area contributed by atoms with Crippen molar-refractivity contribution in [1.29, 1.82) is 0 Å². The maximum atomic E-state index is 12.4. The van der Waals surface area contributed by atoms with Gasteiger partial charge in [-0.15, -0.1) is 11.8 Å². The van der Waals surface area contributed by atoms with Crippen molar-refractivity contribution in [1.82, 2.24) is 0 Å². The van der Waals surface area contributed by atoms with Gasteiger partial charge < -0.3 is 10.6 Å². The number of carbonyl (C=O) groups excluding carboxylic acids is 2. The van der Waals surface area contributed by atoms with Gasteiger partial charge >= 0.3 is 0 Å². The third-order valence-electron chi connectivity index (χ3n) is 4.59. The fourth-order valence-electron chi connectivity index (χ4n) is 2.77. The number of hydrogen-bond donors (Lipinski definition) is 2. The Morgan fingerprint density at radius 2 is 1.61 bits per heavy atom. The lowest BCUT2D eigenvalue weighted by atomic mass is 10.1. The Bertz CT molecular complexity index is 1130. The largest absolute Gasteiger partial charge is 0.325 e. The van der Waals surface area contributed by atoms with Gasteiger partial charge in [-0.2, -0.15) is 0 Å². The number of thioether (sulfide) groups is 1. The molecule has 3 aromatic carbocycles. The third kappa shape index (κ3) is 6.16. The average Bonchev–Trinajstić information content (AvgIpc) is 2.75. The molecule has 8 heteroatoms. The fraction of sp³-hybridized carbons (Fsp3) is 0.130. The smallest absolute Gasteiger partial charge is 0.269 e. The molecule has 31 heavy (non-hydrogen) atoms. The highest BCUT2D eigenvalue weighted by atomic mass is 32.2. The minimum absolute atomic E-state index is 0.0750. The lowest BCUT2D eigenvalue weighted by molar-refractivity contribution is -0.384. The summed E-state index contributed by atoms with van der Waals surface area (Å²) in [4.78, 5) is 35.7. The molecule has 0 fully saturated rings. The van der Waals surface area contributed by atoms with Crippen LogP contribution in [-0.4, -0.2) is 22.5 Å². The highest BCUT2D eigenvalue weighted by molar-refractivity contribution is 8.00. The van der Waals surface area contributed by atoms with Crippen molar-refractivity contribution >= 4 is 40.6 Å². The third-order valence-corrected chi connectivity index (χ3v) is 5.59. The van der Waals surface area contributed by atoms with E-state index in [-0.39, 0.29) is 23.3 Å². The molecule has 0 saturated carbocycles. The Kier molecular flexibility index (Phi) is 7.04. The molecule has 0 saturated heterocycles. The van der Waals surface area contributed by atoms with Crippen LogP contribution in [0.25, 0.3) is 0 Å². The van der Waals surface area contributed by atoms with Crippen LogP contribution in [-0.2, 0) is 4.79 Å². The number of rotatable bonds is 7. The van der Waals surface area contributed by atoms with Gasteiger partial charge in [-0.25, -0.2) is 0 Å². The summed E-state index contributed by atoms with van der Waals surface area (Å²) in [7, 11) is 0. The van der Waals surface area contributed by atoms with Gasteiger partial charge in [-0.05, 0) is 67.4 Å². The molecule has 158 valence electrons. The van der Waals surface area contributed by atoms with Crippen molar-refractivity contribution in [2.24, 2.45) is 0 Å². The van der Waals surface area contributed by atoms with Gasteiger partial charge in [-0.3, -0.25) is 19.7 Å². The summed E-state index contributed by atoms with van der Waals surface area (Å²) in [6.07, 6.45) is 0. The normalized spacial score (nSPS) is 10.4. The number of anilines is 2. The Morgan fingerprint density at radius 3 is 2.29 bits per heavy atom. The number of benzene rings is 3. The van der Waals surface area contributed by atoms with Crippen LogP contribution in [0.5, 0.6) is 0 Å². The van der Waals surface area contributed by atoms with E-state index in [1.54, 1.807) is 18.2 Å². The molecule has 0 atom stereocenters. The molecule has 0 bridgehead atoms. The van der Waals surface area contributed by atoms with Crippen LogP contribution in [0.2, 0.25) is 0 Å². The van der Waals surface area contributed by atoms with Gasteiger partial charge in [-0.1, -0.05) is 12.1 Å². The average molecular weight is 436 g/mol. The quantitative estimate of drug-likeness (QED) is 0.302. The molecule has 2 amide bonds. The second-order valence-corrected chi connectivity index (χ2v) is 7.97. The molecule has 3 rings (SSSR count). The molecule has 0 aliphatic heterocycles. The summed E-state index contributed by atoms with van der Waals surface area (Å²) in [6.45, 7) is 4.01. The summed E-state index contributed by atoms with van der Waals surface area (Å²) in [6, 6.07) is 18.3. The Hall–Kier alpha value is -3.65. The highest BCUT2D eigenvalue weighted by Crippen LogP contribution is 2.23. The Labute approximate surface area is 184 Å². The molecular formula is C23H21N3O4S. The summed E-state index contributed by atoms with van der Waals surface area (Å²) >= 11 is 1.36. The molecule has 0 aliphatic carbocycles. The van der Waals surface area contributed by atoms with Crippen LogP contribution >= 0.6 is 11.8 Å². The molecule has 0 aromatic heterocycles. The first-order chi connectivity index (χ1) is 14.8. The monoisotopic (exact) mass is 435 g/mol. The molecule has 2 N–H and O–H groups in total. The summed E-state index contributed by atoms with van der Waals surface area (Å²) < 4.78 is 0. The topological polar surface area (TPSA) is 101 Å². The molecule has 0 radical (unpaired) electrons. The van der Waals surface area contributed by atoms with Crippen LogP contribution in [0, 0.1) is 24.0 Å². The number of carbonyl (C=O) groups is 2. The van der Waals surface area contributed by atoms with E-state index < -0.39 is 4.92 Å². The van der Waals surface area contributed by atoms with Crippen molar-refractivity contribution in [2.45, 2.75) is 18.7 Å². The fourth-order valence-corrected chi connectivity index (χ4v) is 3.52. The molecular weight excluding hydrogens is 414 g/mol. The van der Waals surface area contributed by atoms with E-state index in [2.05, 4.69) is 10.6 Å². The first kappa shape index (κ1) is 22.0. The van der Waals surface area contributed by atoms with Crippen LogP contribution in [0.3, 0.4) is 0 Å². The number of non-ortho nitro benzene ring substituents is 1. The molecule has 0 aliphatic rings. The number of aryl methyl sites for hydroxylation is 2. The van der Waals surface area contributed by atoms with Crippen molar-refractivity contribution in [3.63, 3.8) is 0 Å². The van der Waals surface area contributed by atoms with Crippen LogP contribution in [0.15, 0.2) is 71.6 Å². The predicted molar refractivity (Wildman–Crippen MR) is 123 cm³/mol. The maximum absolute atomic E-state index is 12.4. The van der Waals surface area contributed by atoms with Gasteiger partial charge in [0.05, 0.1) is 10.7 Å². The van der Waals surface area contributed by atoms with Crippen LogP contribution in [0.1, 0.15) is 21.5 Å². The second-order valence-electron chi connectivity index (χ2n) is 6.92. The van der Waals surface area contributed by atoms with E-state index in [0.717, 1.165) is 16.1 Å². The van der Waals surface area contributed by atoms with Crippen molar-refractivity contribution in [2.75, 3.05) is 16.4 Å². The number of nitro groups is 1. The predicted octanol–water partition coefficient (Wildman–Crippen LogP) is 5.19. The van der Waals surface area contributed by atoms with E-state index in [1.165, 1.54) is 41.6 Å². The van der Waals surface area contributed by atoms with Crippen LogP contribution in [0.4, 0.5) is 17.1 Å². The number of hydrogen-bond acceptors (Lipinski definition) is 5. The van der Waals surface area contributed by atoms with Gasteiger partial charge in [0.25, 0.3) is 11.6 Å². The summed E-state index contributed by atoms with van der Waals surface area (Å²) in [5, 5.41) is 16.4. The van der Waals surface area contributed by atoms with Crippen molar-refractivity contribution in [3.05, 3.63) is 93.5 Å². The molecule has 7 nitrogen and oxygen atoms in total. The molecule has 0 heterocycles. The first-order valence-corrected chi connectivity index (χ1v) is 10.5. The molecule has 0 spiro atoms. The van der Waals surface area contributed by atoms with E-state index in [4.69, 9.17) is 0 Å². The number of nitrogens with one attached hydrogen (secondary N) is 2. The van der Waals surface area contributed by atoms with Gasteiger partial charge in [0, 0.05) is 34.0 Å².